The van der Waals surface area contributed by atoms with E-state index in [9.17, 15) is 18.0 Å². The van der Waals surface area contributed by atoms with Crippen molar-refractivity contribution in [1.82, 2.24) is 10.2 Å². The van der Waals surface area contributed by atoms with E-state index < -0.39 is 34.1 Å². The summed E-state index contributed by atoms with van der Waals surface area (Å²) >= 11 is 19.0. The minimum Gasteiger partial charge on any atom is -0.350 e. The van der Waals surface area contributed by atoms with E-state index in [1.54, 1.807) is 61.5 Å². The van der Waals surface area contributed by atoms with Gasteiger partial charge in [-0.3, -0.25) is 13.9 Å². The van der Waals surface area contributed by atoms with Gasteiger partial charge in [0.1, 0.15) is 12.6 Å². The molecule has 0 radical (unpaired) electrons. The minimum atomic E-state index is -4.25. The Morgan fingerprint density at radius 3 is 2.02 bits per heavy atom. The average Bonchev–Trinajstić information content (AvgIpc) is 3.01. The maximum absolute atomic E-state index is 14.6. The van der Waals surface area contributed by atoms with Crippen molar-refractivity contribution in [2.75, 3.05) is 10.8 Å². The van der Waals surface area contributed by atoms with Crippen LogP contribution >= 0.6 is 34.8 Å². The molecule has 1 atom stereocenters. The average molecular weight is 701 g/mol. The number of amides is 2. The molecule has 0 aliphatic rings. The third kappa shape index (κ3) is 8.82. The summed E-state index contributed by atoms with van der Waals surface area (Å²) in [7, 11) is -4.25. The van der Waals surface area contributed by atoms with Gasteiger partial charge < -0.3 is 10.2 Å². The molecule has 242 valence electrons. The van der Waals surface area contributed by atoms with E-state index in [0.717, 1.165) is 9.87 Å². The summed E-state index contributed by atoms with van der Waals surface area (Å²) in [4.78, 5) is 30.0. The molecule has 7 nitrogen and oxygen atoms in total. The van der Waals surface area contributed by atoms with Crippen molar-refractivity contribution in [3.8, 4) is 0 Å². The zero-order valence-corrected chi connectivity index (χ0v) is 29.1. The standard InChI is InChI=1S/C35H36Cl3N3O4S/c1-24-28(36)16-11-17-31(24)41(46(44,45)27-14-9-6-10-15-27)23-33(42)40(22-26-18-19-29(37)30(38)20-26)32(34(43)39-35(2,3)4)21-25-12-7-5-8-13-25/h5-20,32H,21-23H2,1-4H3,(H,39,43)/t32-/m1/s1. The predicted molar refractivity (Wildman–Crippen MR) is 186 cm³/mol. The molecule has 0 aliphatic carbocycles. The van der Waals surface area contributed by atoms with Crippen LogP contribution in [0.15, 0.2) is 102 Å². The van der Waals surface area contributed by atoms with Gasteiger partial charge in [-0.05, 0) is 80.8 Å². The van der Waals surface area contributed by atoms with Gasteiger partial charge in [-0.25, -0.2) is 8.42 Å². The summed E-state index contributed by atoms with van der Waals surface area (Å²) in [6.07, 6.45) is 0.178. The molecule has 0 spiro atoms. The fourth-order valence-electron chi connectivity index (χ4n) is 4.94. The molecule has 0 heterocycles. The van der Waals surface area contributed by atoms with Gasteiger partial charge in [-0.2, -0.15) is 0 Å². The molecule has 11 heteroatoms. The number of carbonyl (C=O) groups is 2. The molecule has 0 aliphatic heterocycles. The van der Waals surface area contributed by atoms with Crippen LogP contribution in [0.25, 0.3) is 0 Å². The summed E-state index contributed by atoms with van der Waals surface area (Å²) in [5, 5.41) is 3.98. The van der Waals surface area contributed by atoms with Crippen molar-refractivity contribution in [3.05, 3.63) is 129 Å². The number of carbonyl (C=O) groups excluding carboxylic acids is 2. The molecule has 46 heavy (non-hydrogen) atoms. The molecule has 0 unspecified atom stereocenters. The second-order valence-corrected chi connectivity index (χ2v) is 15.0. The highest BCUT2D eigenvalue weighted by Gasteiger charge is 2.36. The Morgan fingerprint density at radius 1 is 0.783 bits per heavy atom. The van der Waals surface area contributed by atoms with E-state index in [1.165, 1.54) is 17.0 Å². The number of hydrogen-bond donors (Lipinski definition) is 1. The third-order valence-corrected chi connectivity index (χ3v) is 10.1. The van der Waals surface area contributed by atoms with Crippen molar-refractivity contribution in [2.24, 2.45) is 0 Å². The number of nitrogens with one attached hydrogen (secondary N) is 1. The lowest BCUT2D eigenvalue weighted by Gasteiger charge is -2.35. The van der Waals surface area contributed by atoms with Crippen molar-refractivity contribution in [1.29, 1.82) is 0 Å². The smallest absolute Gasteiger partial charge is 0.264 e. The molecule has 0 saturated heterocycles. The van der Waals surface area contributed by atoms with Gasteiger partial charge in [-0.1, -0.05) is 95.5 Å². The van der Waals surface area contributed by atoms with Crippen LogP contribution in [-0.4, -0.2) is 43.3 Å². The Labute approximate surface area is 286 Å². The van der Waals surface area contributed by atoms with Gasteiger partial charge in [0, 0.05) is 23.5 Å². The van der Waals surface area contributed by atoms with Crippen LogP contribution < -0.4 is 9.62 Å². The van der Waals surface area contributed by atoms with Crippen LogP contribution in [0.5, 0.6) is 0 Å². The molecule has 0 saturated carbocycles. The molecule has 0 aromatic heterocycles. The van der Waals surface area contributed by atoms with Crippen molar-refractivity contribution in [3.63, 3.8) is 0 Å². The number of halogens is 3. The van der Waals surface area contributed by atoms with Gasteiger partial charge in [-0.15, -0.1) is 0 Å². The highest BCUT2D eigenvalue weighted by Crippen LogP contribution is 2.32. The van der Waals surface area contributed by atoms with E-state index >= 15 is 0 Å². The lowest BCUT2D eigenvalue weighted by molar-refractivity contribution is -0.140. The fourth-order valence-corrected chi connectivity index (χ4v) is 6.92. The number of hydrogen-bond acceptors (Lipinski definition) is 4. The van der Waals surface area contributed by atoms with Gasteiger partial charge in [0.25, 0.3) is 10.0 Å². The van der Waals surface area contributed by atoms with Gasteiger partial charge >= 0.3 is 0 Å². The van der Waals surface area contributed by atoms with Crippen LogP contribution in [0.3, 0.4) is 0 Å². The monoisotopic (exact) mass is 699 g/mol. The summed E-state index contributed by atoms with van der Waals surface area (Å²) in [5.41, 5.74) is 1.56. The lowest BCUT2D eigenvalue weighted by atomic mass is 10.0. The maximum atomic E-state index is 14.6. The largest absolute Gasteiger partial charge is 0.350 e. The molecule has 4 aromatic carbocycles. The molecule has 0 bridgehead atoms. The molecule has 0 fully saturated rings. The summed E-state index contributed by atoms with van der Waals surface area (Å²) < 4.78 is 29.4. The fraction of sp³-hybridized carbons (Fsp3) is 0.257. The Bertz CT molecular complexity index is 1800. The van der Waals surface area contributed by atoms with Crippen molar-refractivity contribution < 1.29 is 18.0 Å². The number of rotatable bonds is 11. The SMILES string of the molecule is Cc1c(Cl)cccc1N(CC(=O)N(Cc1ccc(Cl)c(Cl)c1)[C@H](Cc1ccccc1)C(=O)NC(C)(C)C)S(=O)(=O)c1ccccc1. The molecule has 4 rings (SSSR count). The number of benzene rings is 4. The maximum Gasteiger partial charge on any atom is 0.264 e. The van der Waals surface area contributed by atoms with E-state index in [1.807, 2.05) is 51.1 Å². The highest BCUT2D eigenvalue weighted by atomic mass is 35.5. The van der Waals surface area contributed by atoms with Gasteiger partial charge in [0.05, 0.1) is 20.6 Å². The Hall–Kier alpha value is -3.56. The van der Waals surface area contributed by atoms with Crippen LogP contribution in [-0.2, 0) is 32.6 Å². The molecular formula is C35H36Cl3N3O4S. The van der Waals surface area contributed by atoms with Crippen molar-refractivity contribution in [2.45, 2.75) is 57.1 Å². The van der Waals surface area contributed by atoms with Gasteiger partial charge in [0.2, 0.25) is 11.8 Å². The highest BCUT2D eigenvalue weighted by molar-refractivity contribution is 7.92. The van der Waals surface area contributed by atoms with Crippen LogP contribution in [0, 0.1) is 6.92 Å². The topological polar surface area (TPSA) is 86.8 Å². The Balaban J connectivity index is 1.86. The van der Waals surface area contributed by atoms with E-state index in [-0.39, 0.29) is 34.5 Å². The zero-order valence-electron chi connectivity index (χ0n) is 26.0. The van der Waals surface area contributed by atoms with E-state index in [2.05, 4.69) is 5.32 Å². The molecule has 4 aromatic rings. The van der Waals surface area contributed by atoms with Crippen molar-refractivity contribution >= 4 is 62.3 Å². The number of nitrogens with zero attached hydrogens (tertiary/aromatic N) is 2. The second kappa shape index (κ2) is 14.9. The minimum absolute atomic E-state index is 0.00418. The van der Waals surface area contributed by atoms with Crippen LogP contribution in [0.4, 0.5) is 5.69 Å². The Morgan fingerprint density at radius 2 is 1.41 bits per heavy atom. The molecule has 1 N–H and O–H groups in total. The first-order valence-electron chi connectivity index (χ1n) is 14.6. The van der Waals surface area contributed by atoms with E-state index in [0.29, 0.717) is 21.2 Å². The molecular weight excluding hydrogens is 665 g/mol. The van der Waals surface area contributed by atoms with Crippen LogP contribution in [0.2, 0.25) is 15.1 Å². The van der Waals surface area contributed by atoms with Gasteiger partial charge in [0.15, 0.2) is 0 Å². The first-order valence-corrected chi connectivity index (χ1v) is 17.2. The first kappa shape index (κ1) is 35.3. The normalized spacial score (nSPS) is 12.3. The summed E-state index contributed by atoms with van der Waals surface area (Å²) in [6, 6.07) is 26.0. The Kier molecular flexibility index (Phi) is 11.4. The first-order chi connectivity index (χ1) is 21.7. The second-order valence-electron chi connectivity index (χ2n) is 11.9. The summed E-state index contributed by atoms with van der Waals surface area (Å²) in [6.45, 7) is 6.60. The zero-order chi connectivity index (χ0) is 33.6. The number of sulfonamides is 1. The lowest BCUT2D eigenvalue weighted by Crippen LogP contribution is -2.56. The predicted octanol–water partition coefficient (Wildman–Crippen LogP) is 7.71. The quantitative estimate of drug-likeness (QED) is 0.174. The number of anilines is 1. The third-order valence-electron chi connectivity index (χ3n) is 7.22. The van der Waals surface area contributed by atoms with E-state index in [4.69, 9.17) is 34.8 Å². The molecule has 2 amide bonds. The van der Waals surface area contributed by atoms with Crippen LogP contribution in [0.1, 0.15) is 37.5 Å². The summed E-state index contributed by atoms with van der Waals surface area (Å²) in [5.74, 6) is -0.990.